The molecule has 628 valence electrons. The summed E-state index contributed by atoms with van der Waals surface area (Å²) in [6, 6.07) is 167. The first-order valence-electron chi connectivity index (χ1n) is 46.4. The van der Waals surface area contributed by atoms with Crippen LogP contribution in [0.4, 0.5) is 0 Å². The summed E-state index contributed by atoms with van der Waals surface area (Å²) >= 11 is 0. The molecule has 3 aliphatic rings. The number of fused-ring (bicyclic) bond motifs is 24. The summed E-state index contributed by atoms with van der Waals surface area (Å²) in [6.07, 6.45) is 6.59. The largest absolute Gasteiger partial charge is 0.317 e. The molecule has 0 atom stereocenters. The summed E-state index contributed by atoms with van der Waals surface area (Å²) in [5.41, 5.74) is 41.4. The quantitative estimate of drug-likeness (QED) is 0.131. The van der Waals surface area contributed by atoms with Gasteiger partial charge >= 0.3 is 0 Å². The molecule has 6 nitrogen and oxygen atoms in total. The second kappa shape index (κ2) is 30.2. The first-order chi connectivity index (χ1) is 65.5. The summed E-state index contributed by atoms with van der Waals surface area (Å²) < 4.78 is 14.2. The number of hydrogen-bond acceptors (Lipinski definition) is 0. The van der Waals surface area contributed by atoms with Crippen molar-refractivity contribution in [2.75, 3.05) is 0 Å². The van der Waals surface area contributed by atoms with Crippen LogP contribution in [0.3, 0.4) is 0 Å². The zero-order valence-electron chi connectivity index (χ0n) is 74.2. The van der Waals surface area contributed by atoms with Crippen molar-refractivity contribution in [1.82, 2.24) is 27.4 Å². The molecule has 0 saturated carbocycles. The minimum absolute atomic E-state index is 0.00432. The van der Waals surface area contributed by atoms with Gasteiger partial charge in [0.1, 0.15) is 0 Å². The SMILES string of the molecule is CC1(C)c2ccccc2-c2ccc(-c3ccc(-n4c5ccccc5c5c6ccn(-c7ccccc7)c6ccc54)cc3)cc21.CC1(C)c2ccccc2-c2ccc(-c3cccc(-n4c5ccccc5c5c6ccn(-c7ccccc7)c6ccc54)c3)cc21.c1ccc(-n2ccc3c4c5ccccc5n(-c5ccc6c(c5)C(c5ccccc5)(c5ccccc5)c5ccccc5-6)c4ccc32)cc1. The maximum Gasteiger partial charge on any atom is 0.0714 e. The Kier molecular flexibility index (Phi) is 17.5. The highest BCUT2D eigenvalue weighted by atomic mass is 15.0. The van der Waals surface area contributed by atoms with Crippen molar-refractivity contribution >= 4 is 98.1 Å². The normalized spacial score (nSPS) is 13.4. The van der Waals surface area contributed by atoms with Crippen molar-refractivity contribution < 1.29 is 0 Å². The van der Waals surface area contributed by atoms with Gasteiger partial charge in [-0.25, -0.2) is 0 Å². The highest BCUT2D eigenvalue weighted by molar-refractivity contribution is 6.24. The molecule has 0 unspecified atom stereocenters. The van der Waals surface area contributed by atoms with Crippen LogP contribution in [0.2, 0.25) is 0 Å². The minimum atomic E-state index is -0.441. The molecule has 0 saturated heterocycles. The van der Waals surface area contributed by atoms with Crippen molar-refractivity contribution in [2.24, 2.45) is 0 Å². The van der Waals surface area contributed by atoms with Crippen LogP contribution in [0.25, 0.3) is 188 Å². The Hall–Kier alpha value is -16.8. The Bertz CT molecular complexity index is 8940. The van der Waals surface area contributed by atoms with Gasteiger partial charge in [0.15, 0.2) is 0 Å². The molecule has 28 rings (SSSR count). The summed E-state index contributed by atoms with van der Waals surface area (Å²) in [6.45, 7) is 9.39. The second-order valence-corrected chi connectivity index (χ2v) is 37.0. The monoisotopic (exact) mass is 1700 g/mol. The van der Waals surface area contributed by atoms with E-state index in [-0.39, 0.29) is 10.8 Å². The van der Waals surface area contributed by atoms with Crippen molar-refractivity contribution in [2.45, 2.75) is 43.9 Å². The van der Waals surface area contributed by atoms with Gasteiger partial charge < -0.3 is 27.4 Å². The lowest BCUT2D eigenvalue weighted by Crippen LogP contribution is -2.28. The topological polar surface area (TPSA) is 29.6 Å². The highest BCUT2D eigenvalue weighted by Gasteiger charge is 2.47. The van der Waals surface area contributed by atoms with E-state index < -0.39 is 5.41 Å². The van der Waals surface area contributed by atoms with E-state index >= 15 is 0 Å². The molecular formula is C127H90N6. The molecule has 3 aliphatic carbocycles. The molecule has 133 heavy (non-hydrogen) atoms. The molecule has 0 aliphatic heterocycles. The van der Waals surface area contributed by atoms with Crippen LogP contribution in [-0.4, -0.2) is 27.4 Å². The van der Waals surface area contributed by atoms with Crippen LogP contribution in [0.5, 0.6) is 0 Å². The van der Waals surface area contributed by atoms with Crippen LogP contribution < -0.4 is 0 Å². The Balaban J connectivity index is 0.000000104. The van der Waals surface area contributed by atoms with Crippen molar-refractivity contribution in [3.05, 3.63) is 518 Å². The molecule has 25 aromatic rings. The third-order valence-electron chi connectivity index (χ3n) is 29.4. The van der Waals surface area contributed by atoms with Gasteiger partial charge in [0.05, 0.1) is 55.1 Å². The number of nitrogens with zero attached hydrogens (tertiary/aromatic N) is 6. The predicted molar refractivity (Wildman–Crippen MR) is 556 cm³/mol. The van der Waals surface area contributed by atoms with E-state index in [9.17, 15) is 0 Å². The first kappa shape index (κ1) is 77.3. The molecule has 0 amide bonds. The zero-order chi connectivity index (χ0) is 88.4. The fourth-order valence-corrected chi connectivity index (χ4v) is 23.3. The Labute approximate surface area is 771 Å². The maximum atomic E-state index is 2.47. The van der Waals surface area contributed by atoms with Gasteiger partial charge in [0, 0.05) is 112 Å². The number of para-hydroxylation sites is 6. The van der Waals surface area contributed by atoms with E-state index in [4.69, 9.17) is 0 Å². The molecule has 0 fully saturated rings. The van der Waals surface area contributed by atoms with E-state index in [0.29, 0.717) is 0 Å². The molecule has 0 spiro atoms. The molecular weight excluding hydrogens is 1610 g/mol. The van der Waals surface area contributed by atoms with E-state index in [0.717, 1.165) is 0 Å². The van der Waals surface area contributed by atoms with Gasteiger partial charge in [-0.3, -0.25) is 0 Å². The summed E-state index contributed by atoms with van der Waals surface area (Å²) in [7, 11) is 0. The summed E-state index contributed by atoms with van der Waals surface area (Å²) in [5, 5.41) is 11.5. The van der Waals surface area contributed by atoms with Gasteiger partial charge in [-0.2, -0.15) is 0 Å². The fourth-order valence-electron chi connectivity index (χ4n) is 23.3. The van der Waals surface area contributed by atoms with Gasteiger partial charge in [-0.05, 0) is 258 Å². The lowest BCUT2D eigenvalue weighted by molar-refractivity contribution is 0.660. The maximum absolute atomic E-state index is 2.47. The first-order valence-corrected chi connectivity index (χ1v) is 46.4. The third kappa shape index (κ3) is 11.8. The molecule has 6 aromatic heterocycles. The number of rotatable bonds is 10. The number of benzene rings is 19. The van der Waals surface area contributed by atoms with E-state index in [1.807, 2.05) is 0 Å². The van der Waals surface area contributed by atoms with Crippen LogP contribution in [0, 0.1) is 0 Å². The fraction of sp³-hybridized carbons (Fsp3) is 0.0551. The third-order valence-corrected chi connectivity index (χ3v) is 29.4. The molecule has 19 aromatic carbocycles. The summed E-state index contributed by atoms with van der Waals surface area (Å²) in [4.78, 5) is 0. The highest BCUT2D eigenvalue weighted by Crippen LogP contribution is 2.58. The van der Waals surface area contributed by atoms with Crippen LogP contribution in [-0.2, 0) is 16.2 Å². The van der Waals surface area contributed by atoms with Gasteiger partial charge in [-0.15, -0.1) is 0 Å². The van der Waals surface area contributed by atoms with E-state index in [1.54, 1.807) is 0 Å². The standard InChI is InChI=1S/C45H30N2.2C41H30N2/c1-4-14-31(15-5-1)45(32-16-6-2-7-17-32)39-22-12-10-20-35(39)36-25-24-34(30-40(36)45)47-42-23-13-11-21-37(42)44-38-28-29-46(33-18-8-3-9-19-33)41(38)26-27-43(44)47;1-41(2)35-17-8-6-15-31(35)32-20-19-28(26-36(32)41)27-11-10-14-30(25-27)43-38-18-9-7-16-33(38)40-34-23-24-42(29-12-4-3-5-13-29)37(34)21-22-39(40)43;1-41(2)35-14-8-6-12-31(35)32-21-18-28(26-36(32)41)27-16-19-30(20-17-27)43-38-15-9-7-13-33(38)40-34-24-25-42(29-10-4-3-5-11-29)37(34)22-23-39(40)43/h1-30H;2*3-26H,1-2H3. The minimum Gasteiger partial charge on any atom is -0.317 e. The van der Waals surface area contributed by atoms with Crippen LogP contribution in [0.1, 0.15) is 72.2 Å². The Morgan fingerprint density at radius 3 is 0.895 bits per heavy atom. The molecule has 6 heteroatoms. The van der Waals surface area contributed by atoms with Gasteiger partial charge in [-0.1, -0.05) is 325 Å². The smallest absolute Gasteiger partial charge is 0.0714 e. The Morgan fingerprint density at radius 1 is 0.165 bits per heavy atom. The van der Waals surface area contributed by atoms with Crippen molar-refractivity contribution in [3.8, 4) is 89.8 Å². The number of aromatic nitrogens is 6. The molecule has 6 heterocycles. The average Bonchev–Trinajstić information content (AvgIpc) is 1.53. The zero-order valence-corrected chi connectivity index (χ0v) is 74.2. The lowest BCUT2D eigenvalue weighted by atomic mass is 9.67. The second-order valence-electron chi connectivity index (χ2n) is 37.0. The van der Waals surface area contributed by atoms with Gasteiger partial charge in [0.25, 0.3) is 0 Å². The average molecular weight is 1700 g/mol. The lowest BCUT2D eigenvalue weighted by Gasteiger charge is -2.34. The van der Waals surface area contributed by atoms with E-state index in [2.05, 4.69) is 529 Å². The number of hydrogen-bond donors (Lipinski definition) is 0. The molecule has 0 radical (unpaired) electrons. The predicted octanol–water partition coefficient (Wildman–Crippen LogP) is 32.5. The van der Waals surface area contributed by atoms with Crippen LogP contribution in [0.15, 0.2) is 474 Å². The van der Waals surface area contributed by atoms with Crippen molar-refractivity contribution in [1.29, 1.82) is 0 Å². The van der Waals surface area contributed by atoms with Crippen LogP contribution >= 0.6 is 0 Å². The Morgan fingerprint density at radius 2 is 0.459 bits per heavy atom. The molecule has 0 N–H and O–H groups in total. The van der Waals surface area contributed by atoms with Gasteiger partial charge in [0.2, 0.25) is 0 Å². The summed E-state index contributed by atoms with van der Waals surface area (Å²) in [5.74, 6) is 0. The molecule has 0 bridgehead atoms. The van der Waals surface area contributed by atoms with Crippen molar-refractivity contribution in [3.63, 3.8) is 0 Å². The van der Waals surface area contributed by atoms with E-state index in [1.165, 1.54) is 232 Å².